The number of nitrogens with zero attached hydrogens (tertiary/aromatic N) is 10. The van der Waals surface area contributed by atoms with E-state index in [1.807, 2.05) is 78.2 Å². The number of benzene rings is 6. The average Bonchev–Trinajstić information content (AvgIpc) is 1.64. The van der Waals surface area contributed by atoms with Gasteiger partial charge in [-0.2, -0.15) is 18.2 Å². The number of nitrogens with one attached hydrogen (secondary N) is 2. The number of hydrogen-bond acceptors (Lipinski definition) is 21. The van der Waals surface area contributed by atoms with Crippen LogP contribution < -0.4 is 34.5 Å². The minimum Gasteiger partial charge on any atom is -0.484 e. The fourth-order valence-corrected chi connectivity index (χ4v) is 16.2. The molecule has 2 N–H and O–H groups in total. The van der Waals surface area contributed by atoms with Gasteiger partial charge >= 0.3 is 12.2 Å². The van der Waals surface area contributed by atoms with Crippen molar-refractivity contribution < 1.29 is 83.3 Å². The second-order valence-electron chi connectivity index (χ2n) is 30.6. The smallest absolute Gasteiger partial charge is 0.416 e. The molecule has 2 aliphatic heterocycles. The van der Waals surface area contributed by atoms with Crippen molar-refractivity contribution in [3.05, 3.63) is 284 Å². The summed E-state index contributed by atoms with van der Waals surface area (Å²) in [4.78, 5) is 98.7. The van der Waals surface area contributed by atoms with Gasteiger partial charge in [-0.05, 0) is 207 Å². The molecule has 1 unspecified atom stereocenters. The molecule has 0 spiro atoms. The van der Waals surface area contributed by atoms with E-state index in [2.05, 4.69) is 37.6 Å². The van der Waals surface area contributed by atoms with E-state index in [0.29, 0.717) is 99.1 Å². The number of aromatic nitrogens is 5. The van der Waals surface area contributed by atoms with Gasteiger partial charge in [-0.15, -0.1) is 16.4 Å². The van der Waals surface area contributed by atoms with Gasteiger partial charge in [0.2, 0.25) is 24.5 Å². The third-order valence-electron chi connectivity index (χ3n) is 21.1. The lowest BCUT2D eigenvalue weighted by molar-refractivity contribution is -0.143. The largest absolute Gasteiger partial charge is 0.484 e. The number of furan rings is 3. The fraction of sp³-hybridized carbons (Fsp3) is 0.319. The minimum atomic E-state index is -4.49. The molecule has 1 atom stereocenters. The lowest BCUT2D eigenvalue weighted by atomic mass is 9.94. The maximum atomic E-state index is 13.4. The standard InChI is InChI=1S/C26H25ClN2O6.C25H27FN2O4S.C24H27ClN4O2S.C19H15Cl2F3N4O2/c27-19-4-8-21(9-5-19)33-16-26(31)29(20-6-7-20)15-25(30)28(14-22-2-1-11-32-22)13-18-3-10-23-24(12-18)35-17-34-23;26-20-9-7-19(8-10-20)15-27(16-21-4-1-11-31-21)25(30)18-28(17-22-5-2-12-32-22)24(29)14-23-6-3-13-33-23;1-29(19-6-3-2-4-7-19)22-14-21(25)27-24(28-22)32-16-17-9-11-18(12-10-17)23(30)26-15-20-8-5-13-31-20;1-2-30-18-26-16(11-4-3-5-12(10-11)19(22,23)24)28(27-18)14-8-6-13(7-9-14)25-17(29)15(20)21/h1-5,8-12,20H,6-7,13-17H2;1,3-4,6-11,13,22H,2,5,12,14-18H2;5,8-14,19H,2-4,6-7,15-16H2,1H3,(H,26,30);3-10,15H,2H2,1H3,(H,25,29). The Balaban J connectivity index is 0.000000148. The van der Waals surface area contributed by atoms with Crippen molar-refractivity contribution >= 4 is 116 Å². The third kappa shape index (κ3) is 28.8. The van der Waals surface area contributed by atoms with E-state index < -0.39 is 22.5 Å². The Morgan fingerprint density at radius 1 is 0.631 bits per heavy atom. The molecular formula is C94H94Cl4F4N12O14S2. The van der Waals surface area contributed by atoms with Crippen LogP contribution in [0.25, 0.3) is 17.1 Å². The molecule has 682 valence electrons. The van der Waals surface area contributed by atoms with E-state index in [-0.39, 0.29) is 124 Å². The minimum absolute atomic E-state index is 0.0226. The summed E-state index contributed by atoms with van der Waals surface area (Å²) < 4.78 is 97.8. The van der Waals surface area contributed by atoms with Gasteiger partial charge in [0.15, 0.2) is 33.9 Å². The number of ether oxygens (including phenoxy) is 5. The van der Waals surface area contributed by atoms with E-state index in [4.69, 9.17) is 88.3 Å². The number of carbonyl (C=O) groups excluding carboxylic acids is 6. The van der Waals surface area contributed by atoms with Crippen molar-refractivity contribution in [1.29, 1.82) is 0 Å². The fourth-order valence-electron chi connectivity index (χ4n) is 14.2. The van der Waals surface area contributed by atoms with Crippen molar-refractivity contribution in [2.75, 3.05) is 63.5 Å². The molecule has 3 fully saturated rings. The first-order valence-corrected chi connectivity index (χ1v) is 45.5. The number of fused-ring (bicyclic) bond motifs is 1. The molecule has 2 aliphatic carbocycles. The van der Waals surface area contributed by atoms with E-state index in [1.54, 1.807) is 142 Å². The van der Waals surface area contributed by atoms with E-state index >= 15 is 0 Å². The number of alkyl halides is 5. The maximum Gasteiger partial charge on any atom is 0.416 e. The van der Waals surface area contributed by atoms with Crippen molar-refractivity contribution in [3.63, 3.8) is 0 Å². The van der Waals surface area contributed by atoms with E-state index in [1.165, 1.54) is 72.4 Å². The van der Waals surface area contributed by atoms with Gasteiger partial charge in [-0.25, -0.2) is 19.0 Å². The summed E-state index contributed by atoms with van der Waals surface area (Å²) in [5.41, 5.74) is 3.73. The molecule has 36 heteroatoms. The Bertz CT molecular complexity index is 5640. The molecular weight excluding hydrogens is 1800 g/mol. The topological polar surface area (TPSA) is 285 Å². The molecule has 130 heavy (non-hydrogen) atoms. The highest BCUT2D eigenvalue weighted by Gasteiger charge is 2.37. The van der Waals surface area contributed by atoms with Crippen LogP contribution in [0.2, 0.25) is 10.2 Å². The van der Waals surface area contributed by atoms with Crippen molar-refractivity contribution in [3.8, 4) is 40.3 Å². The van der Waals surface area contributed by atoms with Crippen LogP contribution in [0.4, 0.5) is 29.1 Å². The summed E-state index contributed by atoms with van der Waals surface area (Å²) in [7, 11) is 2.10. The molecule has 2 saturated carbocycles. The predicted octanol–water partition coefficient (Wildman–Crippen LogP) is 19.3. The first kappa shape index (κ1) is 95.7. The van der Waals surface area contributed by atoms with Gasteiger partial charge in [0.25, 0.3) is 17.7 Å². The van der Waals surface area contributed by atoms with Crippen molar-refractivity contribution in [1.82, 2.24) is 49.6 Å². The van der Waals surface area contributed by atoms with Crippen LogP contribution in [0.15, 0.2) is 237 Å². The highest BCUT2D eigenvalue weighted by atomic mass is 35.5. The van der Waals surface area contributed by atoms with Gasteiger partial charge < -0.3 is 72.1 Å². The highest BCUT2D eigenvalue weighted by Crippen LogP contribution is 2.37. The quantitative estimate of drug-likeness (QED) is 0.0125. The average molecular weight is 1900 g/mol. The molecule has 6 aromatic carbocycles. The molecule has 12 aromatic rings. The summed E-state index contributed by atoms with van der Waals surface area (Å²) in [6, 6.07) is 54.2. The van der Waals surface area contributed by atoms with Gasteiger partial charge in [0.05, 0.1) is 75.4 Å². The lowest BCUT2D eigenvalue weighted by Gasteiger charge is -2.32. The van der Waals surface area contributed by atoms with Crippen molar-refractivity contribution in [2.24, 2.45) is 0 Å². The second-order valence-corrected chi connectivity index (χ2v) is 34.5. The lowest BCUT2D eigenvalue weighted by Crippen LogP contribution is -2.45. The molecule has 8 heterocycles. The molecule has 6 amide bonds. The number of thioether (sulfide) groups is 1. The molecule has 0 radical (unpaired) electrons. The van der Waals surface area contributed by atoms with E-state index in [9.17, 15) is 46.3 Å². The highest BCUT2D eigenvalue weighted by molar-refractivity contribution is 7.98. The van der Waals surface area contributed by atoms with Crippen LogP contribution >= 0.6 is 69.5 Å². The number of carbonyl (C=O) groups is 6. The number of halogens is 8. The van der Waals surface area contributed by atoms with Gasteiger partial charge in [0.1, 0.15) is 46.4 Å². The summed E-state index contributed by atoms with van der Waals surface area (Å²) in [5.74, 6) is 3.91. The third-order valence-corrected chi connectivity index (χ3v) is 23.7. The molecule has 6 aromatic heterocycles. The number of rotatable bonds is 34. The van der Waals surface area contributed by atoms with Crippen LogP contribution in [0, 0.1) is 5.82 Å². The van der Waals surface area contributed by atoms with Crippen LogP contribution in [0.3, 0.4) is 0 Å². The number of amides is 6. The second kappa shape index (κ2) is 47.1. The zero-order valence-corrected chi connectivity index (χ0v) is 75.5. The number of thiophene rings is 1. The number of anilines is 2. The molecule has 4 aliphatic rings. The van der Waals surface area contributed by atoms with E-state index in [0.717, 1.165) is 71.0 Å². The Morgan fingerprint density at radius 2 is 1.30 bits per heavy atom. The summed E-state index contributed by atoms with van der Waals surface area (Å²) in [6.45, 7) is 4.59. The van der Waals surface area contributed by atoms with Crippen LogP contribution in [-0.2, 0) is 79.8 Å². The maximum absolute atomic E-state index is 13.4. The molecule has 16 rings (SSSR count). The zero-order chi connectivity index (χ0) is 91.5. The molecule has 0 bridgehead atoms. The first-order valence-electron chi connectivity index (χ1n) is 42.0. The molecule has 1 saturated heterocycles. The Hall–Kier alpha value is -11.9. The first-order chi connectivity index (χ1) is 62.9. The Morgan fingerprint density at radius 3 is 1.94 bits per heavy atom. The summed E-state index contributed by atoms with van der Waals surface area (Å²) in [6.07, 6.45) is 10.3. The summed E-state index contributed by atoms with van der Waals surface area (Å²) >= 11 is 26.3. The van der Waals surface area contributed by atoms with Crippen LogP contribution in [0.1, 0.15) is 119 Å². The van der Waals surface area contributed by atoms with Crippen molar-refractivity contribution in [2.45, 2.75) is 144 Å². The number of hydrogen-bond donors (Lipinski definition) is 2. The van der Waals surface area contributed by atoms with Crippen LogP contribution in [0.5, 0.6) is 23.3 Å². The van der Waals surface area contributed by atoms with Crippen LogP contribution in [-0.4, -0.2) is 156 Å². The summed E-state index contributed by atoms with van der Waals surface area (Å²) in [5, 5.41) is 13.3. The monoisotopic (exact) mass is 1890 g/mol. The zero-order valence-electron chi connectivity index (χ0n) is 70.9. The molecule has 26 nitrogen and oxygen atoms in total. The van der Waals surface area contributed by atoms with Gasteiger partial charge in [-0.3, -0.25) is 28.8 Å². The Labute approximate surface area is 776 Å². The van der Waals surface area contributed by atoms with Gasteiger partial charge in [-0.1, -0.05) is 126 Å². The SMILES string of the molecule is CCOc1nc(-c2cccc(C(F)(F)F)c2)n(-c2ccc(NC(=O)C(Cl)Cl)cc2)n1.CN(c1cc(Cl)nc(SCc2ccc(C(=O)NCc3ccco3)cc2)n1)C1CCCCC1.O=C(CN(C(=O)COc1ccc(Cl)cc1)C1CC1)N(Cc1ccc2c(c1)OCO2)Cc1ccco1.O=C(CN(CC1CCCO1)C(=O)Cc1cccs1)N(Cc1ccc(F)cc1)Cc1ccco1. The van der Waals surface area contributed by atoms with Gasteiger partial charge in [0, 0.05) is 83.9 Å². The Kier molecular flexibility index (Phi) is 34.6. The predicted molar refractivity (Wildman–Crippen MR) is 485 cm³/mol. The normalized spacial score (nSPS) is 13.9.